The second kappa shape index (κ2) is 9.23. The lowest BCUT2D eigenvalue weighted by molar-refractivity contribution is -0.116. The molecule has 2 N–H and O–H groups in total. The van der Waals surface area contributed by atoms with Crippen molar-refractivity contribution in [2.75, 3.05) is 11.9 Å². The molecule has 29 heavy (non-hydrogen) atoms. The molecule has 2 aromatic carbocycles. The first-order valence-electron chi connectivity index (χ1n) is 9.74. The van der Waals surface area contributed by atoms with Crippen LogP contribution < -0.4 is 21.3 Å². The lowest BCUT2D eigenvalue weighted by Gasteiger charge is -2.12. The van der Waals surface area contributed by atoms with Gasteiger partial charge in [0.05, 0.1) is 17.5 Å². The van der Waals surface area contributed by atoms with Gasteiger partial charge in [-0.15, -0.1) is 0 Å². The zero-order valence-electron chi connectivity index (χ0n) is 16.7. The summed E-state index contributed by atoms with van der Waals surface area (Å²) in [6.45, 7) is 4.85. The fraction of sp³-hybridized carbons (Fsp3) is 0.318. The van der Waals surface area contributed by atoms with E-state index in [1.807, 2.05) is 25.1 Å². The number of amides is 1. The molecule has 0 radical (unpaired) electrons. The number of para-hydroxylation sites is 1. The predicted molar refractivity (Wildman–Crippen MR) is 114 cm³/mol. The highest BCUT2D eigenvalue weighted by atomic mass is 16.5. The molecule has 152 valence electrons. The Morgan fingerprint density at radius 2 is 1.97 bits per heavy atom. The number of unbranched alkanes of at least 4 members (excludes halogenated alkanes) is 1. The van der Waals surface area contributed by atoms with Crippen LogP contribution in [-0.4, -0.2) is 22.1 Å². The number of nitrogens with one attached hydrogen (secondary N) is 2. The van der Waals surface area contributed by atoms with Crippen LogP contribution >= 0.6 is 0 Å². The number of rotatable bonds is 8. The van der Waals surface area contributed by atoms with Crippen LogP contribution in [0.1, 0.15) is 31.7 Å². The summed E-state index contributed by atoms with van der Waals surface area (Å²) in [6.07, 6.45) is 2.17. The van der Waals surface area contributed by atoms with Crippen LogP contribution in [0.15, 0.2) is 52.1 Å². The normalized spacial score (nSPS) is 10.8. The number of ether oxygens (including phenoxy) is 1. The van der Waals surface area contributed by atoms with E-state index in [9.17, 15) is 14.4 Å². The molecule has 3 rings (SSSR count). The number of carbonyl (C=O) groups excluding carboxylic acids is 1. The average molecular weight is 395 g/mol. The summed E-state index contributed by atoms with van der Waals surface area (Å²) in [4.78, 5) is 38.8. The highest BCUT2D eigenvalue weighted by molar-refractivity contribution is 5.91. The van der Waals surface area contributed by atoms with Crippen molar-refractivity contribution in [3.8, 4) is 5.75 Å². The smallest absolute Gasteiger partial charge is 0.328 e. The van der Waals surface area contributed by atoms with Crippen LogP contribution in [0, 0.1) is 6.92 Å². The number of benzene rings is 2. The zero-order chi connectivity index (χ0) is 20.8. The number of aromatic nitrogens is 2. The highest BCUT2D eigenvalue weighted by Gasteiger charge is 2.10. The number of anilines is 1. The van der Waals surface area contributed by atoms with Crippen molar-refractivity contribution in [3.05, 3.63) is 68.9 Å². The van der Waals surface area contributed by atoms with Crippen molar-refractivity contribution in [2.24, 2.45) is 0 Å². The number of carbonyl (C=O) groups is 1. The van der Waals surface area contributed by atoms with Crippen molar-refractivity contribution in [3.63, 3.8) is 0 Å². The average Bonchev–Trinajstić information content (AvgIpc) is 2.70. The second-order valence-electron chi connectivity index (χ2n) is 6.90. The number of H-pyrrole nitrogens is 1. The Balaban J connectivity index is 1.67. The van der Waals surface area contributed by atoms with Crippen molar-refractivity contribution >= 4 is 22.5 Å². The number of hydrogen-bond acceptors (Lipinski definition) is 4. The third-order valence-corrected chi connectivity index (χ3v) is 4.71. The number of hydrogen-bond donors (Lipinski definition) is 2. The summed E-state index contributed by atoms with van der Waals surface area (Å²) in [6, 6.07) is 12.4. The molecule has 0 unspecified atom stereocenters. The molecular formula is C22H25N3O4. The van der Waals surface area contributed by atoms with Crippen LogP contribution in [0.3, 0.4) is 0 Å². The van der Waals surface area contributed by atoms with Gasteiger partial charge in [-0.05, 0) is 49.2 Å². The first kappa shape index (κ1) is 20.4. The number of nitrogens with zero attached hydrogens (tertiary/aromatic N) is 1. The molecule has 1 amide bonds. The van der Waals surface area contributed by atoms with Gasteiger partial charge in [-0.1, -0.05) is 25.5 Å². The quantitative estimate of drug-likeness (QED) is 0.573. The predicted octanol–water partition coefficient (Wildman–Crippen LogP) is 3.21. The fourth-order valence-electron chi connectivity index (χ4n) is 3.09. The van der Waals surface area contributed by atoms with E-state index < -0.39 is 11.2 Å². The summed E-state index contributed by atoms with van der Waals surface area (Å²) >= 11 is 0. The van der Waals surface area contributed by atoms with Gasteiger partial charge in [-0.2, -0.15) is 0 Å². The molecule has 1 aromatic heterocycles. The van der Waals surface area contributed by atoms with Crippen LogP contribution in [0.25, 0.3) is 10.9 Å². The summed E-state index contributed by atoms with van der Waals surface area (Å²) in [5.41, 5.74) is 1.17. The Hall–Kier alpha value is -3.35. The maximum atomic E-state index is 12.4. The van der Waals surface area contributed by atoms with Crippen molar-refractivity contribution in [2.45, 2.75) is 39.7 Å². The van der Waals surface area contributed by atoms with Crippen LogP contribution in [0.5, 0.6) is 5.75 Å². The maximum absolute atomic E-state index is 12.4. The van der Waals surface area contributed by atoms with Crippen molar-refractivity contribution in [1.29, 1.82) is 0 Å². The molecule has 3 aromatic rings. The van der Waals surface area contributed by atoms with E-state index in [0.29, 0.717) is 23.2 Å². The van der Waals surface area contributed by atoms with E-state index in [1.54, 1.807) is 24.3 Å². The molecule has 0 spiro atoms. The summed E-state index contributed by atoms with van der Waals surface area (Å²) in [5, 5.41) is 3.29. The monoisotopic (exact) mass is 395 g/mol. The first-order valence-corrected chi connectivity index (χ1v) is 9.74. The van der Waals surface area contributed by atoms with Crippen molar-refractivity contribution < 1.29 is 9.53 Å². The van der Waals surface area contributed by atoms with Gasteiger partial charge < -0.3 is 10.1 Å². The molecule has 0 atom stereocenters. The molecule has 0 aliphatic heterocycles. The van der Waals surface area contributed by atoms with Gasteiger partial charge >= 0.3 is 5.69 Å². The van der Waals surface area contributed by atoms with Gasteiger partial charge in [0, 0.05) is 18.7 Å². The minimum Gasteiger partial charge on any atom is -0.494 e. The number of aryl methyl sites for hydroxylation is 2. The zero-order valence-corrected chi connectivity index (χ0v) is 16.7. The third kappa shape index (κ3) is 4.93. The van der Waals surface area contributed by atoms with Crippen LogP contribution in [0.2, 0.25) is 0 Å². The topological polar surface area (TPSA) is 93.2 Å². The molecule has 0 saturated heterocycles. The Morgan fingerprint density at radius 3 is 2.72 bits per heavy atom. The lowest BCUT2D eigenvalue weighted by Crippen LogP contribution is -2.31. The van der Waals surface area contributed by atoms with E-state index >= 15 is 0 Å². The first-order chi connectivity index (χ1) is 14.0. The maximum Gasteiger partial charge on any atom is 0.328 e. The molecule has 0 aliphatic rings. The Morgan fingerprint density at radius 1 is 1.17 bits per heavy atom. The minimum absolute atomic E-state index is 0.101. The molecule has 1 heterocycles. The van der Waals surface area contributed by atoms with Gasteiger partial charge in [0.25, 0.3) is 5.56 Å². The molecule has 7 heteroatoms. The summed E-state index contributed by atoms with van der Waals surface area (Å²) < 4.78 is 7.09. The summed E-state index contributed by atoms with van der Waals surface area (Å²) in [5.74, 6) is 0.565. The summed E-state index contributed by atoms with van der Waals surface area (Å²) in [7, 11) is 0. The molecule has 7 nitrogen and oxygen atoms in total. The van der Waals surface area contributed by atoms with Gasteiger partial charge in [0.15, 0.2) is 0 Å². The SMILES string of the molecule is CCCCOc1ccc(NC(=O)CCn2c(=O)[nH]c(=O)c3ccccc32)c(C)c1. The molecule has 0 fully saturated rings. The van der Waals surface area contributed by atoms with Crippen LogP contribution in [0.4, 0.5) is 5.69 Å². The van der Waals surface area contributed by atoms with Gasteiger partial charge in [-0.3, -0.25) is 19.1 Å². The van der Waals surface area contributed by atoms with Gasteiger partial charge in [0.2, 0.25) is 5.91 Å². The second-order valence-corrected chi connectivity index (χ2v) is 6.90. The number of fused-ring (bicyclic) bond motifs is 1. The van der Waals surface area contributed by atoms with Gasteiger partial charge in [-0.25, -0.2) is 4.79 Å². The fourth-order valence-corrected chi connectivity index (χ4v) is 3.09. The Labute approximate surface area is 168 Å². The molecular weight excluding hydrogens is 370 g/mol. The Kier molecular flexibility index (Phi) is 6.49. The molecule has 0 aliphatic carbocycles. The largest absolute Gasteiger partial charge is 0.494 e. The Bertz CT molecular complexity index is 1130. The van der Waals surface area contributed by atoms with Gasteiger partial charge in [0.1, 0.15) is 5.75 Å². The van der Waals surface area contributed by atoms with E-state index in [2.05, 4.69) is 17.2 Å². The lowest BCUT2D eigenvalue weighted by atomic mass is 10.2. The van der Waals surface area contributed by atoms with E-state index in [-0.39, 0.29) is 18.9 Å². The van der Waals surface area contributed by atoms with Crippen molar-refractivity contribution in [1.82, 2.24) is 9.55 Å². The van der Waals surface area contributed by atoms with Crippen LogP contribution in [-0.2, 0) is 11.3 Å². The third-order valence-electron chi connectivity index (χ3n) is 4.71. The molecule has 0 saturated carbocycles. The molecule has 0 bridgehead atoms. The standard InChI is InChI=1S/C22H25N3O4/c1-3-4-13-29-16-9-10-18(15(2)14-16)23-20(26)11-12-25-19-8-6-5-7-17(19)21(27)24-22(25)28/h5-10,14H,3-4,11-13H2,1-2H3,(H,23,26)(H,24,27,28). The number of aromatic amines is 1. The van der Waals surface area contributed by atoms with E-state index in [4.69, 9.17) is 4.74 Å². The highest BCUT2D eigenvalue weighted by Crippen LogP contribution is 2.22. The van der Waals surface area contributed by atoms with E-state index in [1.165, 1.54) is 4.57 Å². The minimum atomic E-state index is -0.522. The van der Waals surface area contributed by atoms with E-state index in [0.717, 1.165) is 24.2 Å².